The maximum Gasteiger partial charge on any atom is 0.275 e. The predicted octanol–water partition coefficient (Wildman–Crippen LogP) is 3.03. The Morgan fingerprint density at radius 1 is 1.35 bits per heavy atom. The van der Waals surface area contributed by atoms with Crippen molar-refractivity contribution in [3.8, 4) is 10.8 Å². The number of aryl methyl sites for hydroxylation is 1. The normalized spacial score (nSPS) is 14.0. The van der Waals surface area contributed by atoms with Gasteiger partial charge in [0.15, 0.2) is 5.82 Å². The molecular weight excluding hydrogens is 314 g/mol. The molecule has 0 unspecified atom stereocenters. The van der Waals surface area contributed by atoms with E-state index in [4.69, 9.17) is 4.52 Å². The quantitative estimate of drug-likeness (QED) is 0.791. The third-order valence-electron chi connectivity index (χ3n) is 3.51. The van der Waals surface area contributed by atoms with Crippen molar-refractivity contribution < 1.29 is 9.32 Å². The van der Waals surface area contributed by atoms with Crippen molar-refractivity contribution >= 4 is 22.9 Å². The largest absolute Gasteiger partial charge is 0.333 e. The van der Waals surface area contributed by atoms with E-state index in [9.17, 15) is 4.79 Å². The summed E-state index contributed by atoms with van der Waals surface area (Å²) in [4.78, 5) is 25.6. The fourth-order valence-corrected chi connectivity index (χ4v) is 2.87. The highest BCUT2D eigenvalue weighted by atomic mass is 32.1. The second-order valence-corrected chi connectivity index (χ2v) is 6.31. The van der Waals surface area contributed by atoms with E-state index in [0.29, 0.717) is 17.5 Å². The maximum absolute atomic E-state index is 12.3. The predicted molar refractivity (Wildman–Crippen MR) is 84.3 cm³/mol. The SMILES string of the molecule is Cc1cnc(C(=O)Nc2ccsc2-c2nc(C3CC3)no2)cn1. The molecule has 3 aromatic rings. The summed E-state index contributed by atoms with van der Waals surface area (Å²) in [7, 11) is 0. The molecule has 8 heteroatoms. The molecule has 1 saturated carbocycles. The fraction of sp³-hybridized carbons (Fsp3) is 0.267. The van der Waals surface area contributed by atoms with Crippen LogP contribution in [0.15, 0.2) is 28.4 Å². The van der Waals surface area contributed by atoms with Gasteiger partial charge < -0.3 is 9.84 Å². The number of hydrogen-bond acceptors (Lipinski definition) is 7. The highest BCUT2D eigenvalue weighted by molar-refractivity contribution is 7.14. The zero-order valence-corrected chi connectivity index (χ0v) is 13.1. The summed E-state index contributed by atoms with van der Waals surface area (Å²) in [6, 6.07) is 1.81. The van der Waals surface area contributed by atoms with Crippen LogP contribution in [0.4, 0.5) is 5.69 Å². The van der Waals surface area contributed by atoms with Gasteiger partial charge >= 0.3 is 0 Å². The first-order chi connectivity index (χ1) is 11.2. The summed E-state index contributed by atoms with van der Waals surface area (Å²) in [5, 5.41) is 8.70. The van der Waals surface area contributed by atoms with Crippen molar-refractivity contribution in [3.63, 3.8) is 0 Å². The third-order valence-corrected chi connectivity index (χ3v) is 4.41. The van der Waals surface area contributed by atoms with E-state index in [1.54, 1.807) is 12.3 Å². The van der Waals surface area contributed by atoms with Gasteiger partial charge in [-0.2, -0.15) is 4.98 Å². The molecule has 3 heterocycles. The average molecular weight is 327 g/mol. The zero-order chi connectivity index (χ0) is 15.8. The molecule has 0 radical (unpaired) electrons. The molecule has 0 atom stereocenters. The second kappa shape index (κ2) is 5.54. The molecule has 3 aromatic heterocycles. The Kier molecular flexibility index (Phi) is 3.38. The van der Waals surface area contributed by atoms with Crippen LogP contribution in [0.3, 0.4) is 0 Å². The van der Waals surface area contributed by atoms with Crippen LogP contribution < -0.4 is 5.32 Å². The lowest BCUT2D eigenvalue weighted by Crippen LogP contribution is -2.14. The standard InChI is InChI=1S/C15H13N5O2S/c1-8-6-17-11(7-16-8)14(21)18-10-4-5-23-12(10)15-19-13(20-22-15)9-2-3-9/h4-7,9H,2-3H2,1H3,(H,18,21). The minimum absolute atomic E-state index is 0.261. The van der Waals surface area contributed by atoms with Crippen LogP contribution >= 0.6 is 11.3 Å². The molecule has 0 saturated heterocycles. The highest BCUT2D eigenvalue weighted by Gasteiger charge is 2.29. The van der Waals surface area contributed by atoms with Gasteiger partial charge in [0.25, 0.3) is 11.8 Å². The van der Waals surface area contributed by atoms with Gasteiger partial charge in [0.2, 0.25) is 0 Å². The Balaban J connectivity index is 1.56. The van der Waals surface area contributed by atoms with Crippen molar-refractivity contribution in [1.29, 1.82) is 0 Å². The number of anilines is 1. The molecule has 0 aliphatic heterocycles. The lowest BCUT2D eigenvalue weighted by atomic mass is 10.3. The minimum Gasteiger partial charge on any atom is -0.333 e. The molecule has 23 heavy (non-hydrogen) atoms. The average Bonchev–Trinajstić information content (AvgIpc) is 3.10. The first-order valence-corrected chi connectivity index (χ1v) is 8.10. The molecule has 7 nitrogen and oxygen atoms in total. The molecule has 116 valence electrons. The number of thiophene rings is 1. The van der Waals surface area contributed by atoms with E-state index in [0.717, 1.165) is 29.2 Å². The number of hydrogen-bond donors (Lipinski definition) is 1. The van der Waals surface area contributed by atoms with Gasteiger partial charge in [-0.15, -0.1) is 11.3 Å². The van der Waals surface area contributed by atoms with Crippen LogP contribution in [0.1, 0.15) is 40.8 Å². The number of nitrogens with one attached hydrogen (secondary N) is 1. The van der Waals surface area contributed by atoms with Crippen molar-refractivity contribution in [3.05, 3.63) is 41.1 Å². The van der Waals surface area contributed by atoms with E-state index in [1.807, 2.05) is 12.3 Å². The number of amides is 1. The third kappa shape index (κ3) is 2.85. The Morgan fingerprint density at radius 3 is 2.96 bits per heavy atom. The molecule has 1 fully saturated rings. The van der Waals surface area contributed by atoms with Gasteiger partial charge in [0.1, 0.15) is 10.6 Å². The summed E-state index contributed by atoms with van der Waals surface area (Å²) in [5.41, 5.74) is 1.65. The molecule has 0 aromatic carbocycles. The molecular formula is C15H13N5O2S. The summed E-state index contributed by atoms with van der Waals surface area (Å²) in [5.74, 6) is 1.29. The second-order valence-electron chi connectivity index (χ2n) is 5.39. The molecule has 0 bridgehead atoms. The molecule has 1 aliphatic rings. The van der Waals surface area contributed by atoms with Crippen molar-refractivity contribution in [2.24, 2.45) is 0 Å². The van der Waals surface area contributed by atoms with E-state index in [1.165, 1.54) is 17.5 Å². The molecule has 1 amide bonds. The monoisotopic (exact) mass is 327 g/mol. The van der Waals surface area contributed by atoms with Crippen LogP contribution in [-0.2, 0) is 0 Å². The fourth-order valence-electron chi connectivity index (χ4n) is 2.10. The van der Waals surface area contributed by atoms with Crippen molar-refractivity contribution in [2.45, 2.75) is 25.7 Å². The Bertz CT molecular complexity index is 851. The van der Waals surface area contributed by atoms with Gasteiger partial charge in [-0.3, -0.25) is 9.78 Å². The molecule has 0 spiro atoms. The number of rotatable bonds is 4. The van der Waals surface area contributed by atoms with Gasteiger partial charge in [-0.1, -0.05) is 5.16 Å². The Morgan fingerprint density at radius 2 is 2.22 bits per heavy atom. The van der Waals surface area contributed by atoms with Gasteiger partial charge in [0.05, 0.1) is 17.6 Å². The first kappa shape index (κ1) is 14.0. The number of nitrogens with zero attached hydrogens (tertiary/aromatic N) is 4. The molecule has 1 aliphatic carbocycles. The topological polar surface area (TPSA) is 93.8 Å². The zero-order valence-electron chi connectivity index (χ0n) is 12.3. The smallest absolute Gasteiger partial charge is 0.275 e. The van der Waals surface area contributed by atoms with E-state index in [2.05, 4.69) is 25.4 Å². The van der Waals surface area contributed by atoms with Crippen molar-refractivity contribution in [1.82, 2.24) is 20.1 Å². The van der Waals surface area contributed by atoms with E-state index in [-0.39, 0.29) is 11.6 Å². The number of aromatic nitrogens is 4. The van der Waals surface area contributed by atoms with Crippen LogP contribution in [-0.4, -0.2) is 26.0 Å². The van der Waals surface area contributed by atoms with E-state index >= 15 is 0 Å². The van der Waals surface area contributed by atoms with Gasteiger partial charge in [-0.05, 0) is 31.2 Å². The minimum atomic E-state index is -0.320. The van der Waals surface area contributed by atoms with Gasteiger partial charge in [0, 0.05) is 12.1 Å². The summed E-state index contributed by atoms with van der Waals surface area (Å²) >= 11 is 1.44. The number of carbonyl (C=O) groups excluding carboxylic acids is 1. The summed E-state index contributed by atoms with van der Waals surface area (Å²) in [6.45, 7) is 1.82. The maximum atomic E-state index is 12.3. The summed E-state index contributed by atoms with van der Waals surface area (Å²) in [6.07, 6.45) is 5.23. The summed E-state index contributed by atoms with van der Waals surface area (Å²) < 4.78 is 5.32. The Labute approximate surface area is 135 Å². The van der Waals surface area contributed by atoms with Crippen molar-refractivity contribution in [2.75, 3.05) is 5.32 Å². The van der Waals surface area contributed by atoms with Crippen LogP contribution in [0.5, 0.6) is 0 Å². The van der Waals surface area contributed by atoms with Crippen LogP contribution in [0, 0.1) is 6.92 Å². The molecule has 4 rings (SSSR count). The molecule has 1 N–H and O–H groups in total. The lowest BCUT2D eigenvalue weighted by Gasteiger charge is -2.03. The highest BCUT2D eigenvalue weighted by Crippen LogP contribution is 2.40. The lowest BCUT2D eigenvalue weighted by molar-refractivity contribution is 0.102. The van der Waals surface area contributed by atoms with E-state index < -0.39 is 0 Å². The Hall–Kier alpha value is -2.61. The van der Waals surface area contributed by atoms with Crippen LogP contribution in [0.2, 0.25) is 0 Å². The van der Waals surface area contributed by atoms with Crippen LogP contribution in [0.25, 0.3) is 10.8 Å². The first-order valence-electron chi connectivity index (χ1n) is 7.22. The van der Waals surface area contributed by atoms with Gasteiger partial charge in [-0.25, -0.2) is 4.98 Å². The number of carbonyl (C=O) groups is 1.